The molecule has 1 saturated carbocycles. The fraction of sp³-hybridized carbons (Fsp3) is 0.933. The summed E-state index contributed by atoms with van der Waals surface area (Å²) in [7, 11) is -2.28. The summed E-state index contributed by atoms with van der Waals surface area (Å²) in [5.41, 5.74) is 0.0796. The molecule has 0 bridgehead atoms. The van der Waals surface area contributed by atoms with E-state index in [2.05, 4.69) is 30.8 Å². The predicted molar refractivity (Wildman–Crippen MR) is 83.9 cm³/mol. The molecule has 0 aromatic rings. The molecule has 1 aliphatic rings. The monoisotopic (exact) mass is 319 g/mol. The number of hydrogen-bond donors (Lipinski definition) is 1. The van der Waals surface area contributed by atoms with E-state index in [4.69, 9.17) is 0 Å². The van der Waals surface area contributed by atoms with Gasteiger partial charge in [-0.15, -0.1) is 0 Å². The van der Waals surface area contributed by atoms with Crippen LogP contribution in [-0.4, -0.2) is 45.1 Å². The van der Waals surface area contributed by atoms with Gasteiger partial charge in [-0.25, -0.2) is 8.42 Å². The third kappa shape index (κ3) is 4.95. The quantitative estimate of drug-likeness (QED) is 0.782. The third-order valence-electron chi connectivity index (χ3n) is 4.49. The molecule has 3 unspecified atom stereocenters. The summed E-state index contributed by atoms with van der Waals surface area (Å²) in [4.78, 5) is 11.4. The molecule has 0 aliphatic heterocycles. The molecule has 0 radical (unpaired) electrons. The van der Waals surface area contributed by atoms with E-state index in [1.807, 2.05) is 6.92 Å². The molecule has 0 spiro atoms. The van der Waals surface area contributed by atoms with Crippen molar-refractivity contribution in [3.63, 3.8) is 0 Å². The Bertz CT molecular complexity index is 453. The van der Waals surface area contributed by atoms with Crippen molar-refractivity contribution >= 4 is 15.8 Å². The molecule has 21 heavy (non-hydrogen) atoms. The standard InChI is InChI=1S/C15H29NO4S/c1-6-16-12-8-7-11(15(2,3)4)9-13(12)21(18,19)10-14(17)20-5/h11-13,16H,6-10H2,1-5H3. The van der Waals surface area contributed by atoms with Gasteiger partial charge in [0.15, 0.2) is 9.84 Å². The average Bonchev–Trinajstić information content (AvgIpc) is 2.37. The van der Waals surface area contributed by atoms with Crippen molar-refractivity contribution in [3.8, 4) is 0 Å². The summed E-state index contributed by atoms with van der Waals surface area (Å²) < 4.78 is 29.7. The van der Waals surface area contributed by atoms with Crippen molar-refractivity contribution in [2.45, 2.75) is 58.2 Å². The average molecular weight is 319 g/mol. The van der Waals surface area contributed by atoms with Gasteiger partial charge in [-0.1, -0.05) is 27.7 Å². The van der Waals surface area contributed by atoms with Crippen LogP contribution in [0.2, 0.25) is 0 Å². The number of esters is 1. The zero-order chi connectivity index (χ0) is 16.3. The van der Waals surface area contributed by atoms with Crippen LogP contribution in [0.5, 0.6) is 0 Å². The summed E-state index contributed by atoms with van der Waals surface area (Å²) in [6.07, 6.45) is 2.47. The maximum atomic E-state index is 12.6. The lowest BCUT2D eigenvalue weighted by Crippen LogP contribution is -2.51. The van der Waals surface area contributed by atoms with E-state index in [0.29, 0.717) is 12.3 Å². The lowest BCUT2D eigenvalue weighted by molar-refractivity contribution is -0.137. The second kappa shape index (κ2) is 7.09. The van der Waals surface area contributed by atoms with Crippen LogP contribution in [0.1, 0.15) is 47.0 Å². The summed E-state index contributed by atoms with van der Waals surface area (Å²) >= 11 is 0. The second-order valence-electron chi connectivity index (χ2n) is 6.96. The van der Waals surface area contributed by atoms with Gasteiger partial charge in [0.25, 0.3) is 0 Å². The maximum absolute atomic E-state index is 12.6. The third-order valence-corrected chi connectivity index (χ3v) is 6.57. The van der Waals surface area contributed by atoms with Crippen LogP contribution in [0.25, 0.3) is 0 Å². The van der Waals surface area contributed by atoms with Gasteiger partial charge >= 0.3 is 5.97 Å². The van der Waals surface area contributed by atoms with Gasteiger partial charge in [0.1, 0.15) is 5.75 Å². The van der Waals surface area contributed by atoms with Gasteiger partial charge in [-0.05, 0) is 37.1 Å². The van der Waals surface area contributed by atoms with Crippen molar-refractivity contribution in [1.82, 2.24) is 5.32 Å². The van der Waals surface area contributed by atoms with Crippen LogP contribution in [0.15, 0.2) is 0 Å². The zero-order valence-electron chi connectivity index (χ0n) is 13.8. The maximum Gasteiger partial charge on any atom is 0.320 e. The molecular formula is C15H29NO4S. The molecule has 3 atom stereocenters. The molecule has 6 heteroatoms. The van der Waals surface area contributed by atoms with Crippen LogP contribution < -0.4 is 5.32 Å². The zero-order valence-corrected chi connectivity index (χ0v) is 14.6. The van der Waals surface area contributed by atoms with E-state index < -0.39 is 26.8 Å². The normalized spacial score (nSPS) is 27.4. The Morgan fingerprint density at radius 2 is 1.90 bits per heavy atom. The van der Waals surface area contributed by atoms with E-state index in [1.165, 1.54) is 7.11 Å². The minimum Gasteiger partial charge on any atom is -0.468 e. The first kappa shape index (κ1) is 18.4. The Morgan fingerprint density at radius 1 is 1.29 bits per heavy atom. The Morgan fingerprint density at radius 3 is 2.38 bits per heavy atom. The van der Waals surface area contributed by atoms with Gasteiger partial charge in [0.05, 0.1) is 12.4 Å². The van der Waals surface area contributed by atoms with Gasteiger partial charge in [-0.3, -0.25) is 4.79 Å². The minimum absolute atomic E-state index is 0.0664. The van der Waals surface area contributed by atoms with E-state index in [-0.39, 0.29) is 11.5 Å². The van der Waals surface area contributed by atoms with Crippen LogP contribution in [-0.2, 0) is 19.4 Å². The molecule has 1 fully saturated rings. The highest BCUT2D eigenvalue weighted by Crippen LogP contribution is 2.40. The van der Waals surface area contributed by atoms with Crippen molar-refractivity contribution in [3.05, 3.63) is 0 Å². The number of carbonyl (C=O) groups is 1. The smallest absolute Gasteiger partial charge is 0.320 e. The predicted octanol–water partition coefficient (Wildman–Crippen LogP) is 1.77. The molecule has 1 aliphatic carbocycles. The van der Waals surface area contributed by atoms with Crippen molar-refractivity contribution in [2.75, 3.05) is 19.4 Å². The molecule has 1 rings (SSSR count). The first-order valence-electron chi connectivity index (χ1n) is 7.63. The number of ether oxygens (including phenoxy) is 1. The van der Waals surface area contributed by atoms with E-state index in [1.54, 1.807) is 0 Å². The van der Waals surface area contributed by atoms with Crippen molar-refractivity contribution in [1.29, 1.82) is 0 Å². The number of hydrogen-bond acceptors (Lipinski definition) is 5. The van der Waals surface area contributed by atoms with Gasteiger partial charge < -0.3 is 10.1 Å². The van der Waals surface area contributed by atoms with Gasteiger partial charge in [0.2, 0.25) is 0 Å². The van der Waals surface area contributed by atoms with E-state index >= 15 is 0 Å². The molecular weight excluding hydrogens is 290 g/mol. The minimum atomic E-state index is -3.50. The fourth-order valence-corrected chi connectivity index (χ4v) is 5.06. The molecule has 0 saturated heterocycles. The molecule has 124 valence electrons. The molecule has 0 amide bonds. The van der Waals surface area contributed by atoms with E-state index in [0.717, 1.165) is 19.4 Å². The first-order chi connectivity index (χ1) is 9.61. The largest absolute Gasteiger partial charge is 0.468 e. The summed E-state index contributed by atoms with van der Waals surface area (Å²) in [5, 5.41) is 2.77. The van der Waals surface area contributed by atoms with Gasteiger partial charge in [0, 0.05) is 6.04 Å². The molecule has 0 aromatic carbocycles. The summed E-state index contributed by atoms with van der Waals surface area (Å²) in [6, 6.07) is -0.0664. The van der Waals surface area contributed by atoms with Crippen LogP contribution in [0.3, 0.4) is 0 Å². The highest BCUT2D eigenvalue weighted by Gasteiger charge is 2.42. The molecule has 0 aromatic heterocycles. The van der Waals surface area contributed by atoms with Crippen molar-refractivity contribution in [2.24, 2.45) is 11.3 Å². The summed E-state index contributed by atoms with van der Waals surface area (Å²) in [6.45, 7) is 9.15. The lowest BCUT2D eigenvalue weighted by atomic mass is 9.71. The SMILES string of the molecule is CCNC1CCC(C(C)(C)C)CC1S(=O)(=O)CC(=O)OC. The topological polar surface area (TPSA) is 72.5 Å². The Labute approximate surface area is 128 Å². The second-order valence-corrected chi connectivity index (χ2v) is 9.18. The van der Waals surface area contributed by atoms with Crippen LogP contribution >= 0.6 is 0 Å². The van der Waals surface area contributed by atoms with E-state index in [9.17, 15) is 13.2 Å². The van der Waals surface area contributed by atoms with Crippen molar-refractivity contribution < 1.29 is 17.9 Å². The highest BCUT2D eigenvalue weighted by atomic mass is 32.2. The molecule has 0 heterocycles. The highest BCUT2D eigenvalue weighted by molar-refractivity contribution is 7.92. The number of methoxy groups -OCH3 is 1. The number of sulfone groups is 1. The Balaban J connectivity index is 2.96. The Kier molecular flexibility index (Phi) is 6.23. The van der Waals surface area contributed by atoms with Crippen LogP contribution in [0.4, 0.5) is 0 Å². The first-order valence-corrected chi connectivity index (χ1v) is 9.35. The number of nitrogens with one attached hydrogen (secondary N) is 1. The van der Waals surface area contributed by atoms with Crippen LogP contribution in [0, 0.1) is 11.3 Å². The molecule has 5 nitrogen and oxygen atoms in total. The lowest BCUT2D eigenvalue weighted by Gasteiger charge is -2.41. The summed E-state index contributed by atoms with van der Waals surface area (Å²) in [5.74, 6) is -0.847. The Hall–Kier alpha value is -0.620. The van der Waals surface area contributed by atoms with Gasteiger partial charge in [-0.2, -0.15) is 0 Å². The number of carbonyl (C=O) groups excluding carboxylic acids is 1. The fourth-order valence-electron chi connectivity index (χ4n) is 3.14. The number of rotatable bonds is 5. The molecule has 1 N–H and O–H groups in total.